The molecule has 0 atom stereocenters. The fourth-order valence-electron chi connectivity index (χ4n) is 2.34. The van der Waals surface area contributed by atoms with E-state index in [2.05, 4.69) is 15.9 Å². The number of carbonyl (C=O) groups is 1. The van der Waals surface area contributed by atoms with Crippen LogP contribution in [0.1, 0.15) is 27.2 Å². The van der Waals surface area contributed by atoms with Gasteiger partial charge in [-0.1, -0.05) is 36.4 Å². The van der Waals surface area contributed by atoms with Gasteiger partial charge in [-0.2, -0.15) is 0 Å². The lowest BCUT2D eigenvalue weighted by molar-refractivity contribution is -0.385. The molecule has 0 bridgehead atoms. The van der Waals surface area contributed by atoms with Crippen molar-refractivity contribution in [3.63, 3.8) is 0 Å². The molecule has 0 amide bonds. The van der Waals surface area contributed by atoms with Crippen LogP contribution >= 0.6 is 15.9 Å². The van der Waals surface area contributed by atoms with Crippen molar-refractivity contribution in [1.82, 2.24) is 0 Å². The Labute approximate surface area is 151 Å². The van der Waals surface area contributed by atoms with Crippen LogP contribution in [0.15, 0.2) is 69.8 Å². The van der Waals surface area contributed by atoms with Crippen molar-refractivity contribution in [1.29, 1.82) is 0 Å². The van der Waals surface area contributed by atoms with Crippen molar-refractivity contribution < 1.29 is 14.1 Å². The van der Waals surface area contributed by atoms with E-state index in [4.69, 9.17) is 4.42 Å². The molecule has 25 heavy (non-hydrogen) atoms. The monoisotopic (exact) mass is 397 g/mol. The number of nitro groups is 1. The number of rotatable bonds is 5. The van der Waals surface area contributed by atoms with Crippen molar-refractivity contribution in [2.24, 2.45) is 0 Å². The molecule has 124 valence electrons. The van der Waals surface area contributed by atoms with Crippen LogP contribution in [0, 0.1) is 10.1 Å². The van der Waals surface area contributed by atoms with Gasteiger partial charge in [0.2, 0.25) is 0 Å². The zero-order chi connectivity index (χ0) is 17.8. The molecule has 0 aliphatic carbocycles. The maximum absolute atomic E-state index is 12.6. The van der Waals surface area contributed by atoms with E-state index in [1.165, 1.54) is 12.1 Å². The highest BCUT2D eigenvalue weighted by atomic mass is 79.9. The summed E-state index contributed by atoms with van der Waals surface area (Å²) in [6.07, 6.45) is 5.01. The molecular weight excluding hydrogens is 386 g/mol. The fraction of sp³-hybridized carbons (Fsp3) is 0. The predicted molar refractivity (Wildman–Crippen MR) is 98.3 cm³/mol. The summed E-state index contributed by atoms with van der Waals surface area (Å²) >= 11 is 3.29. The minimum Gasteiger partial charge on any atom is -0.464 e. The van der Waals surface area contributed by atoms with Crippen molar-refractivity contribution in [2.45, 2.75) is 0 Å². The van der Waals surface area contributed by atoms with Crippen LogP contribution in [-0.2, 0) is 0 Å². The van der Waals surface area contributed by atoms with Crippen LogP contribution in [0.3, 0.4) is 0 Å². The third kappa shape index (κ3) is 3.92. The Morgan fingerprint density at radius 2 is 1.84 bits per heavy atom. The summed E-state index contributed by atoms with van der Waals surface area (Å²) in [5.74, 6) is 0.240. The quantitative estimate of drug-likeness (QED) is 0.330. The highest BCUT2D eigenvalue weighted by Gasteiger charge is 2.21. The minimum atomic E-state index is -0.548. The smallest absolute Gasteiger partial charge is 0.280 e. The third-order valence-corrected chi connectivity index (χ3v) is 3.94. The number of furan rings is 1. The second-order valence-electron chi connectivity index (χ2n) is 5.23. The molecule has 0 aliphatic heterocycles. The summed E-state index contributed by atoms with van der Waals surface area (Å²) in [5, 5.41) is 11.3. The van der Waals surface area contributed by atoms with Gasteiger partial charge in [0.25, 0.3) is 5.69 Å². The summed E-state index contributed by atoms with van der Waals surface area (Å²) in [6.45, 7) is 0. The van der Waals surface area contributed by atoms with E-state index in [0.717, 1.165) is 4.47 Å². The van der Waals surface area contributed by atoms with Crippen LogP contribution < -0.4 is 0 Å². The zero-order valence-corrected chi connectivity index (χ0v) is 14.5. The minimum absolute atomic E-state index is 0.0546. The molecule has 5 nitrogen and oxygen atoms in total. The number of halogens is 1. The SMILES string of the molecule is O=C(c1ccccc1)c1cc(C=Cc2cc(Br)co2)ccc1[N+](=O)[O-]. The Hall–Kier alpha value is -2.99. The lowest BCUT2D eigenvalue weighted by Crippen LogP contribution is -2.05. The number of nitrogens with zero attached hydrogens (tertiary/aromatic N) is 1. The third-order valence-electron chi connectivity index (χ3n) is 3.53. The van der Waals surface area contributed by atoms with E-state index >= 15 is 0 Å². The number of carbonyl (C=O) groups excluding carboxylic acids is 1. The van der Waals surface area contributed by atoms with E-state index in [-0.39, 0.29) is 17.0 Å². The first-order chi connectivity index (χ1) is 12.0. The lowest BCUT2D eigenvalue weighted by Gasteiger charge is -2.04. The van der Waals surface area contributed by atoms with Crippen LogP contribution in [0.4, 0.5) is 5.69 Å². The summed E-state index contributed by atoms with van der Waals surface area (Å²) in [5.41, 5.74) is 0.907. The average molecular weight is 398 g/mol. The van der Waals surface area contributed by atoms with Gasteiger partial charge in [-0.3, -0.25) is 14.9 Å². The standard InChI is InChI=1S/C19H12BrNO4/c20-15-11-16(25-12-15)8-6-13-7-9-18(21(23)24)17(10-13)19(22)14-4-2-1-3-5-14/h1-12H. The van der Waals surface area contributed by atoms with Gasteiger partial charge in [0.15, 0.2) is 5.78 Å². The van der Waals surface area contributed by atoms with Gasteiger partial charge in [0.05, 0.1) is 9.40 Å². The van der Waals surface area contributed by atoms with Crippen LogP contribution in [0.25, 0.3) is 12.2 Å². The Balaban J connectivity index is 1.99. The van der Waals surface area contributed by atoms with Crippen molar-refractivity contribution >= 4 is 39.6 Å². The normalized spacial score (nSPS) is 10.9. The molecule has 1 heterocycles. The van der Waals surface area contributed by atoms with Gasteiger partial charge >= 0.3 is 0 Å². The molecule has 0 fully saturated rings. The molecule has 3 aromatic rings. The van der Waals surface area contributed by atoms with Crippen molar-refractivity contribution in [3.05, 3.63) is 97.9 Å². The maximum atomic E-state index is 12.6. The fourth-order valence-corrected chi connectivity index (χ4v) is 2.66. The topological polar surface area (TPSA) is 73.3 Å². The Morgan fingerprint density at radius 1 is 1.08 bits per heavy atom. The second kappa shape index (κ2) is 7.27. The predicted octanol–water partition coefficient (Wildman–Crippen LogP) is 5.35. The Bertz CT molecular complexity index is 961. The van der Waals surface area contributed by atoms with E-state index in [0.29, 0.717) is 16.9 Å². The van der Waals surface area contributed by atoms with Crippen LogP contribution in [0.5, 0.6) is 0 Å². The highest BCUT2D eigenvalue weighted by molar-refractivity contribution is 9.10. The molecule has 3 rings (SSSR count). The molecule has 0 N–H and O–H groups in total. The van der Waals surface area contributed by atoms with E-state index in [1.807, 2.05) is 0 Å². The molecule has 0 saturated carbocycles. The van der Waals surface area contributed by atoms with Gasteiger partial charge < -0.3 is 4.42 Å². The van der Waals surface area contributed by atoms with E-state index < -0.39 is 4.92 Å². The largest absolute Gasteiger partial charge is 0.464 e. The van der Waals surface area contributed by atoms with Gasteiger partial charge in [-0.05, 0) is 45.8 Å². The van der Waals surface area contributed by atoms with Crippen LogP contribution in [0.2, 0.25) is 0 Å². The van der Waals surface area contributed by atoms with Crippen molar-refractivity contribution in [3.8, 4) is 0 Å². The second-order valence-corrected chi connectivity index (χ2v) is 6.15. The molecule has 1 aromatic heterocycles. The Kier molecular flexibility index (Phi) is 4.90. The van der Waals surface area contributed by atoms with E-state index in [1.54, 1.807) is 60.9 Å². The first kappa shape index (κ1) is 16.9. The molecule has 0 aliphatic rings. The van der Waals surface area contributed by atoms with Gasteiger partial charge in [0, 0.05) is 11.6 Å². The average Bonchev–Trinajstić information content (AvgIpc) is 3.05. The summed E-state index contributed by atoms with van der Waals surface area (Å²) in [7, 11) is 0. The first-order valence-electron chi connectivity index (χ1n) is 7.35. The molecule has 6 heteroatoms. The molecule has 0 radical (unpaired) electrons. The first-order valence-corrected chi connectivity index (χ1v) is 8.14. The van der Waals surface area contributed by atoms with Gasteiger partial charge in [-0.25, -0.2) is 0 Å². The molecule has 0 spiro atoms. The Morgan fingerprint density at radius 3 is 2.48 bits per heavy atom. The van der Waals surface area contributed by atoms with Crippen molar-refractivity contribution in [2.75, 3.05) is 0 Å². The number of hydrogen-bond donors (Lipinski definition) is 0. The summed E-state index contributed by atoms with van der Waals surface area (Å²) in [4.78, 5) is 23.4. The zero-order valence-electron chi connectivity index (χ0n) is 12.9. The van der Waals surface area contributed by atoms with Crippen LogP contribution in [-0.4, -0.2) is 10.7 Å². The molecule has 0 unspecified atom stereocenters. The van der Waals surface area contributed by atoms with Gasteiger partial charge in [0.1, 0.15) is 17.6 Å². The summed E-state index contributed by atoms with van der Waals surface area (Å²) < 4.78 is 6.10. The van der Waals surface area contributed by atoms with E-state index in [9.17, 15) is 14.9 Å². The molecule has 2 aromatic carbocycles. The number of benzene rings is 2. The van der Waals surface area contributed by atoms with Gasteiger partial charge in [-0.15, -0.1) is 0 Å². The number of hydrogen-bond acceptors (Lipinski definition) is 4. The molecular formula is C19H12BrNO4. The summed E-state index contributed by atoms with van der Waals surface area (Å²) in [6, 6.07) is 14.7. The maximum Gasteiger partial charge on any atom is 0.280 e. The number of nitro benzene ring substituents is 1. The highest BCUT2D eigenvalue weighted by Crippen LogP contribution is 2.24. The molecule has 0 saturated heterocycles. The lowest BCUT2D eigenvalue weighted by atomic mass is 9.99. The number of ketones is 1.